The van der Waals surface area contributed by atoms with E-state index in [1.807, 2.05) is 36.4 Å². The summed E-state index contributed by atoms with van der Waals surface area (Å²) in [5.41, 5.74) is 1.86. The molecule has 2 aromatic carbocycles. The summed E-state index contributed by atoms with van der Waals surface area (Å²) in [5.74, 6) is 0.297. The molecule has 1 aliphatic heterocycles. The SMILES string of the molecule is FC(F)(F)c1ccncc1COCC1CN(C(c2ccccc2)c2ccccc2)C1. The van der Waals surface area contributed by atoms with E-state index in [2.05, 4.69) is 34.1 Å². The second-order valence-electron chi connectivity index (χ2n) is 7.59. The van der Waals surface area contributed by atoms with E-state index >= 15 is 0 Å². The molecule has 156 valence electrons. The molecule has 3 nitrogen and oxygen atoms in total. The van der Waals surface area contributed by atoms with Gasteiger partial charge in [-0.15, -0.1) is 0 Å². The van der Waals surface area contributed by atoms with Gasteiger partial charge in [-0.1, -0.05) is 60.7 Å². The maximum atomic E-state index is 13.1. The molecule has 3 aromatic rings. The third-order valence-electron chi connectivity index (χ3n) is 5.40. The highest BCUT2D eigenvalue weighted by molar-refractivity contribution is 5.32. The molecule has 30 heavy (non-hydrogen) atoms. The lowest BCUT2D eigenvalue weighted by molar-refractivity contribution is -0.139. The molecule has 1 aliphatic rings. The molecule has 0 spiro atoms. The molecule has 0 bridgehead atoms. The summed E-state index contributed by atoms with van der Waals surface area (Å²) in [6, 6.07) is 21.8. The Morgan fingerprint density at radius 3 is 2.10 bits per heavy atom. The Balaban J connectivity index is 1.35. The number of aromatic nitrogens is 1. The lowest BCUT2D eigenvalue weighted by Crippen LogP contribution is -2.50. The van der Waals surface area contributed by atoms with Gasteiger partial charge in [-0.2, -0.15) is 13.2 Å². The Labute approximate surface area is 174 Å². The Bertz CT molecular complexity index is 902. The van der Waals surface area contributed by atoms with Gasteiger partial charge in [-0.25, -0.2) is 0 Å². The van der Waals surface area contributed by atoms with E-state index in [0.717, 1.165) is 25.4 Å². The average Bonchev–Trinajstić information content (AvgIpc) is 2.73. The second kappa shape index (κ2) is 8.98. The summed E-state index contributed by atoms with van der Waals surface area (Å²) >= 11 is 0. The zero-order valence-corrected chi connectivity index (χ0v) is 16.4. The van der Waals surface area contributed by atoms with Gasteiger partial charge in [0, 0.05) is 37.0 Å². The highest BCUT2D eigenvalue weighted by atomic mass is 19.4. The minimum atomic E-state index is -4.40. The Morgan fingerprint density at radius 1 is 0.933 bits per heavy atom. The smallest absolute Gasteiger partial charge is 0.376 e. The van der Waals surface area contributed by atoms with Crippen molar-refractivity contribution in [1.29, 1.82) is 0 Å². The van der Waals surface area contributed by atoms with E-state index < -0.39 is 11.7 Å². The molecule has 1 saturated heterocycles. The molecule has 0 saturated carbocycles. The summed E-state index contributed by atoms with van der Waals surface area (Å²) < 4.78 is 44.9. The summed E-state index contributed by atoms with van der Waals surface area (Å²) in [6.45, 7) is 2.03. The van der Waals surface area contributed by atoms with E-state index in [-0.39, 0.29) is 18.2 Å². The maximum Gasteiger partial charge on any atom is 0.416 e. The van der Waals surface area contributed by atoms with Crippen LogP contribution in [0.1, 0.15) is 28.3 Å². The van der Waals surface area contributed by atoms with E-state index in [9.17, 15) is 13.2 Å². The number of benzene rings is 2. The number of rotatable bonds is 7. The standard InChI is InChI=1S/C24H23F3N2O/c25-24(26,27)22-11-12-28-13-21(22)17-30-16-18-14-29(15-18)23(19-7-3-1-4-8-19)20-9-5-2-6-10-20/h1-13,18,23H,14-17H2. The van der Waals surface area contributed by atoms with Crippen LogP contribution in [0.5, 0.6) is 0 Å². The molecule has 1 aromatic heterocycles. The van der Waals surface area contributed by atoms with Gasteiger partial charge in [0.2, 0.25) is 0 Å². The van der Waals surface area contributed by atoms with Crippen molar-refractivity contribution < 1.29 is 17.9 Å². The van der Waals surface area contributed by atoms with Gasteiger partial charge < -0.3 is 4.74 Å². The fourth-order valence-corrected chi connectivity index (χ4v) is 3.97. The number of nitrogens with zero attached hydrogens (tertiary/aromatic N) is 2. The normalized spacial score (nSPS) is 15.3. The molecule has 0 N–H and O–H groups in total. The van der Waals surface area contributed by atoms with Crippen LogP contribution in [-0.2, 0) is 17.5 Å². The van der Waals surface area contributed by atoms with Crippen molar-refractivity contribution in [3.8, 4) is 0 Å². The summed E-state index contributed by atoms with van der Waals surface area (Å²) in [6.07, 6.45) is -2.01. The van der Waals surface area contributed by atoms with E-state index in [1.54, 1.807) is 0 Å². The van der Waals surface area contributed by atoms with Gasteiger partial charge in [0.05, 0.1) is 24.8 Å². The number of halogens is 3. The highest BCUT2D eigenvalue weighted by Gasteiger charge is 2.35. The van der Waals surface area contributed by atoms with Crippen LogP contribution in [-0.4, -0.2) is 29.6 Å². The Morgan fingerprint density at radius 2 is 1.53 bits per heavy atom. The van der Waals surface area contributed by atoms with Gasteiger partial charge in [0.1, 0.15) is 0 Å². The maximum absolute atomic E-state index is 13.1. The summed E-state index contributed by atoms with van der Waals surface area (Å²) in [7, 11) is 0. The first-order valence-electron chi connectivity index (χ1n) is 9.94. The van der Waals surface area contributed by atoms with Crippen molar-refractivity contribution in [1.82, 2.24) is 9.88 Å². The molecule has 1 fully saturated rings. The molecule has 0 unspecified atom stereocenters. The van der Waals surface area contributed by atoms with Crippen LogP contribution >= 0.6 is 0 Å². The van der Waals surface area contributed by atoms with E-state index in [1.165, 1.54) is 17.3 Å². The van der Waals surface area contributed by atoms with Crippen LogP contribution in [0.3, 0.4) is 0 Å². The van der Waals surface area contributed by atoms with Gasteiger partial charge in [0.25, 0.3) is 0 Å². The number of likely N-dealkylation sites (tertiary alicyclic amines) is 1. The minimum Gasteiger partial charge on any atom is -0.376 e. The summed E-state index contributed by atoms with van der Waals surface area (Å²) in [5, 5.41) is 0. The quantitative estimate of drug-likeness (QED) is 0.524. The molecule has 0 radical (unpaired) electrons. The number of pyridine rings is 1. The number of hydrogen-bond acceptors (Lipinski definition) is 3. The number of hydrogen-bond donors (Lipinski definition) is 0. The third-order valence-corrected chi connectivity index (χ3v) is 5.40. The lowest BCUT2D eigenvalue weighted by atomic mass is 9.90. The van der Waals surface area contributed by atoms with E-state index in [4.69, 9.17) is 4.74 Å². The van der Waals surface area contributed by atoms with Crippen molar-refractivity contribution >= 4 is 0 Å². The fourth-order valence-electron chi connectivity index (χ4n) is 3.97. The molecule has 4 rings (SSSR count). The number of ether oxygens (including phenoxy) is 1. The van der Waals surface area contributed by atoms with Crippen LogP contribution in [0.4, 0.5) is 13.2 Å². The van der Waals surface area contributed by atoms with Crippen molar-refractivity contribution in [2.45, 2.75) is 18.8 Å². The largest absolute Gasteiger partial charge is 0.416 e. The zero-order chi connectivity index (χ0) is 21.0. The van der Waals surface area contributed by atoms with Gasteiger partial charge in [-0.3, -0.25) is 9.88 Å². The first kappa shape index (κ1) is 20.6. The predicted octanol–water partition coefficient (Wildman–Crippen LogP) is 5.34. The minimum absolute atomic E-state index is 0.0765. The van der Waals surface area contributed by atoms with Crippen LogP contribution in [0.2, 0.25) is 0 Å². The number of alkyl halides is 3. The molecule has 0 amide bonds. The van der Waals surface area contributed by atoms with Crippen LogP contribution in [0.15, 0.2) is 79.1 Å². The van der Waals surface area contributed by atoms with Crippen molar-refractivity contribution in [3.63, 3.8) is 0 Å². The highest BCUT2D eigenvalue weighted by Crippen LogP contribution is 2.35. The van der Waals surface area contributed by atoms with Crippen molar-refractivity contribution in [2.24, 2.45) is 5.92 Å². The summed E-state index contributed by atoms with van der Waals surface area (Å²) in [4.78, 5) is 6.18. The molecule has 2 heterocycles. The average molecular weight is 412 g/mol. The van der Waals surface area contributed by atoms with Crippen LogP contribution in [0.25, 0.3) is 0 Å². The second-order valence-corrected chi connectivity index (χ2v) is 7.59. The van der Waals surface area contributed by atoms with Crippen LogP contribution < -0.4 is 0 Å². The van der Waals surface area contributed by atoms with Gasteiger partial charge in [0.15, 0.2) is 0 Å². The monoisotopic (exact) mass is 412 g/mol. The first-order chi connectivity index (χ1) is 14.5. The van der Waals surface area contributed by atoms with Crippen molar-refractivity contribution in [3.05, 3.63) is 101 Å². The Hall–Kier alpha value is -2.70. The topological polar surface area (TPSA) is 25.4 Å². The Kier molecular flexibility index (Phi) is 6.16. The zero-order valence-electron chi connectivity index (χ0n) is 16.4. The molecule has 0 atom stereocenters. The lowest BCUT2D eigenvalue weighted by Gasteiger charge is -2.44. The first-order valence-corrected chi connectivity index (χ1v) is 9.94. The van der Waals surface area contributed by atoms with Crippen LogP contribution in [0, 0.1) is 5.92 Å². The molecule has 0 aliphatic carbocycles. The third kappa shape index (κ3) is 4.71. The predicted molar refractivity (Wildman–Crippen MR) is 109 cm³/mol. The molecular weight excluding hydrogens is 389 g/mol. The van der Waals surface area contributed by atoms with E-state index in [0.29, 0.717) is 12.5 Å². The fraction of sp³-hybridized carbons (Fsp3) is 0.292. The molecular formula is C24H23F3N2O. The van der Waals surface area contributed by atoms with Gasteiger partial charge >= 0.3 is 6.18 Å². The van der Waals surface area contributed by atoms with Crippen molar-refractivity contribution in [2.75, 3.05) is 19.7 Å². The molecule has 6 heteroatoms. The van der Waals surface area contributed by atoms with Gasteiger partial charge in [-0.05, 0) is 17.2 Å².